The van der Waals surface area contributed by atoms with Crippen molar-refractivity contribution in [1.82, 2.24) is 15.0 Å². The molecule has 0 amide bonds. The van der Waals surface area contributed by atoms with Gasteiger partial charge < -0.3 is 0 Å². The van der Waals surface area contributed by atoms with Crippen molar-refractivity contribution in [3.05, 3.63) is 41.2 Å². The van der Waals surface area contributed by atoms with Gasteiger partial charge in [-0.05, 0) is 37.5 Å². The third kappa shape index (κ3) is 1.74. The van der Waals surface area contributed by atoms with Crippen LogP contribution in [0.4, 0.5) is 0 Å². The molecule has 1 aliphatic carbocycles. The Bertz CT molecular complexity index is 584. The van der Waals surface area contributed by atoms with E-state index < -0.39 is 0 Å². The van der Waals surface area contributed by atoms with Crippen molar-refractivity contribution in [3.63, 3.8) is 0 Å². The van der Waals surface area contributed by atoms with E-state index in [1.54, 1.807) is 0 Å². The minimum absolute atomic E-state index is 0.431. The molecule has 1 fully saturated rings. The molecule has 1 aliphatic rings. The highest BCUT2D eigenvalue weighted by atomic mass is 16.1. The van der Waals surface area contributed by atoms with E-state index in [1.807, 2.05) is 29.8 Å². The molecule has 1 heterocycles. The van der Waals surface area contributed by atoms with Gasteiger partial charge in [0, 0.05) is 5.92 Å². The van der Waals surface area contributed by atoms with Crippen LogP contribution in [0.2, 0.25) is 0 Å². The highest BCUT2D eigenvalue weighted by Crippen LogP contribution is 2.37. The van der Waals surface area contributed by atoms with Gasteiger partial charge in [-0.3, -0.25) is 4.79 Å². The Balaban J connectivity index is 2.11. The Morgan fingerprint density at radius 1 is 1.39 bits per heavy atom. The predicted octanol–water partition coefficient (Wildman–Crippen LogP) is 2.66. The number of aryl methyl sites for hydroxylation is 1. The molecule has 1 saturated carbocycles. The lowest BCUT2D eigenvalue weighted by molar-refractivity contribution is 0.111. The summed E-state index contributed by atoms with van der Waals surface area (Å²) in [7, 11) is 0. The first-order valence-electron chi connectivity index (χ1n) is 6.27. The first-order valence-corrected chi connectivity index (χ1v) is 6.27. The van der Waals surface area contributed by atoms with Crippen LogP contribution in [0, 0.1) is 6.92 Å². The maximum atomic E-state index is 11.1. The average Bonchev–Trinajstić information content (AvgIpc) is 2.70. The lowest BCUT2D eigenvalue weighted by Crippen LogP contribution is -2.15. The number of benzene rings is 1. The zero-order valence-electron chi connectivity index (χ0n) is 10.3. The molecule has 4 heteroatoms. The van der Waals surface area contributed by atoms with Gasteiger partial charge in [0.15, 0.2) is 6.29 Å². The molecule has 3 rings (SSSR count). The Kier molecular flexibility index (Phi) is 2.70. The zero-order valence-corrected chi connectivity index (χ0v) is 10.3. The molecular weight excluding hydrogens is 226 g/mol. The van der Waals surface area contributed by atoms with Gasteiger partial charge in [-0.25, -0.2) is 4.68 Å². The quantitative estimate of drug-likeness (QED) is 0.776. The van der Waals surface area contributed by atoms with Crippen molar-refractivity contribution >= 4 is 6.29 Å². The first kappa shape index (κ1) is 11.1. The van der Waals surface area contributed by atoms with Crippen molar-refractivity contribution in [3.8, 4) is 5.69 Å². The SMILES string of the molecule is Cc1cccc(-n2nnc(C=O)c2C2CCC2)c1. The molecule has 0 unspecified atom stereocenters. The van der Waals surface area contributed by atoms with E-state index in [0.29, 0.717) is 11.6 Å². The fourth-order valence-corrected chi connectivity index (χ4v) is 2.40. The molecule has 0 saturated heterocycles. The van der Waals surface area contributed by atoms with Crippen LogP contribution in [-0.2, 0) is 0 Å². The van der Waals surface area contributed by atoms with Crippen molar-refractivity contribution < 1.29 is 4.79 Å². The number of hydrogen-bond acceptors (Lipinski definition) is 3. The number of rotatable bonds is 3. The molecule has 0 aliphatic heterocycles. The van der Waals surface area contributed by atoms with Gasteiger partial charge in [0.1, 0.15) is 5.69 Å². The summed E-state index contributed by atoms with van der Waals surface area (Å²) in [6.07, 6.45) is 4.29. The maximum Gasteiger partial charge on any atom is 0.172 e. The van der Waals surface area contributed by atoms with E-state index in [-0.39, 0.29) is 0 Å². The summed E-state index contributed by atoms with van der Waals surface area (Å²) in [5.41, 5.74) is 3.62. The van der Waals surface area contributed by atoms with Crippen molar-refractivity contribution in [1.29, 1.82) is 0 Å². The van der Waals surface area contributed by atoms with Crippen LogP contribution in [-0.4, -0.2) is 21.3 Å². The fraction of sp³-hybridized carbons (Fsp3) is 0.357. The lowest BCUT2D eigenvalue weighted by atomic mass is 9.82. The molecule has 0 radical (unpaired) electrons. The van der Waals surface area contributed by atoms with Gasteiger partial charge in [0.2, 0.25) is 0 Å². The van der Waals surface area contributed by atoms with Crippen LogP contribution >= 0.6 is 0 Å². The van der Waals surface area contributed by atoms with E-state index in [1.165, 1.54) is 12.0 Å². The van der Waals surface area contributed by atoms with Gasteiger partial charge in [-0.1, -0.05) is 23.8 Å². The zero-order chi connectivity index (χ0) is 12.5. The highest BCUT2D eigenvalue weighted by molar-refractivity contribution is 5.74. The van der Waals surface area contributed by atoms with Crippen molar-refractivity contribution in [2.45, 2.75) is 32.1 Å². The molecule has 0 atom stereocenters. The van der Waals surface area contributed by atoms with Gasteiger partial charge in [-0.2, -0.15) is 0 Å². The molecule has 1 aromatic carbocycles. The lowest BCUT2D eigenvalue weighted by Gasteiger charge is -2.26. The smallest absolute Gasteiger partial charge is 0.172 e. The normalized spacial score (nSPS) is 15.4. The summed E-state index contributed by atoms with van der Waals surface area (Å²) in [6.45, 7) is 2.05. The Hall–Kier alpha value is -1.97. The summed E-state index contributed by atoms with van der Waals surface area (Å²) >= 11 is 0. The van der Waals surface area contributed by atoms with Crippen LogP contribution in [0.1, 0.15) is 46.9 Å². The van der Waals surface area contributed by atoms with Gasteiger partial charge in [0.25, 0.3) is 0 Å². The maximum absolute atomic E-state index is 11.1. The number of aldehydes is 1. The van der Waals surface area contributed by atoms with Crippen molar-refractivity contribution in [2.24, 2.45) is 0 Å². The molecule has 18 heavy (non-hydrogen) atoms. The molecule has 92 valence electrons. The second-order valence-corrected chi connectivity index (χ2v) is 4.86. The van der Waals surface area contributed by atoms with Crippen LogP contribution in [0.5, 0.6) is 0 Å². The molecule has 0 bridgehead atoms. The molecule has 0 spiro atoms. The summed E-state index contributed by atoms with van der Waals surface area (Å²) in [5, 5.41) is 8.13. The largest absolute Gasteiger partial charge is 0.296 e. The van der Waals surface area contributed by atoms with E-state index >= 15 is 0 Å². The Morgan fingerprint density at radius 3 is 2.83 bits per heavy atom. The summed E-state index contributed by atoms with van der Waals surface area (Å²) < 4.78 is 1.82. The number of carbonyl (C=O) groups is 1. The van der Waals surface area contributed by atoms with E-state index in [2.05, 4.69) is 16.4 Å². The number of hydrogen-bond donors (Lipinski definition) is 0. The van der Waals surface area contributed by atoms with Gasteiger partial charge in [0.05, 0.1) is 11.4 Å². The van der Waals surface area contributed by atoms with Gasteiger partial charge in [-0.15, -0.1) is 5.10 Å². The topological polar surface area (TPSA) is 47.8 Å². The third-order valence-corrected chi connectivity index (χ3v) is 3.58. The van der Waals surface area contributed by atoms with Crippen LogP contribution in [0.25, 0.3) is 5.69 Å². The fourth-order valence-electron chi connectivity index (χ4n) is 2.40. The van der Waals surface area contributed by atoms with Crippen molar-refractivity contribution in [2.75, 3.05) is 0 Å². The van der Waals surface area contributed by atoms with E-state index in [4.69, 9.17) is 0 Å². The average molecular weight is 241 g/mol. The monoisotopic (exact) mass is 241 g/mol. The standard InChI is InChI=1S/C14H15N3O/c1-10-4-2-7-12(8-10)17-14(11-5-3-6-11)13(9-18)15-16-17/h2,4,7-9,11H,3,5-6H2,1H3. The highest BCUT2D eigenvalue weighted by Gasteiger charge is 2.28. The third-order valence-electron chi connectivity index (χ3n) is 3.58. The van der Waals surface area contributed by atoms with Crippen LogP contribution in [0.3, 0.4) is 0 Å². The van der Waals surface area contributed by atoms with E-state index in [0.717, 1.165) is 30.5 Å². The molecule has 4 nitrogen and oxygen atoms in total. The minimum Gasteiger partial charge on any atom is -0.296 e. The number of carbonyl (C=O) groups excluding carboxylic acids is 1. The summed E-state index contributed by atoms with van der Waals surface area (Å²) in [4.78, 5) is 11.1. The Labute approximate surface area is 106 Å². The van der Waals surface area contributed by atoms with Crippen LogP contribution < -0.4 is 0 Å². The predicted molar refractivity (Wildman–Crippen MR) is 68.1 cm³/mol. The minimum atomic E-state index is 0.431. The molecular formula is C14H15N3O. The molecule has 1 aromatic heterocycles. The van der Waals surface area contributed by atoms with Gasteiger partial charge >= 0.3 is 0 Å². The summed E-state index contributed by atoms with van der Waals surface area (Å²) in [5.74, 6) is 0.431. The first-order chi connectivity index (χ1) is 8.79. The number of nitrogens with zero attached hydrogens (tertiary/aromatic N) is 3. The second kappa shape index (κ2) is 4.37. The Morgan fingerprint density at radius 2 is 2.22 bits per heavy atom. The molecule has 2 aromatic rings. The molecule has 0 N–H and O–H groups in total. The van der Waals surface area contributed by atoms with E-state index in [9.17, 15) is 4.79 Å². The summed E-state index contributed by atoms with van der Waals surface area (Å²) in [6, 6.07) is 8.10. The van der Waals surface area contributed by atoms with Crippen LogP contribution in [0.15, 0.2) is 24.3 Å². The second-order valence-electron chi connectivity index (χ2n) is 4.86. The number of aromatic nitrogens is 3.